The molecule has 0 bridgehead atoms. The van der Waals surface area contributed by atoms with Crippen molar-refractivity contribution in [2.45, 2.75) is 59.1 Å². The summed E-state index contributed by atoms with van der Waals surface area (Å²) >= 11 is 0. The van der Waals surface area contributed by atoms with Crippen LogP contribution >= 0.6 is 0 Å². The van der Waals surface area contributed by atoms with Gasteiger partial charge in [0.05, 0.1) is 16.7 Å². The number of imide groups is 1. The van der Waals surface area contributed by atoms with E-state index >= 15 is 0 Å². The molecule has 7 nitrogen and oxygen atoms in total. The van der Waals surface area contributed by atoms with E-state index in [4.69, 9.17) is 4.74 Å². The molecule has 1 unspecified atom stereocenters. The summed E-state index contributed by atoms with van der Waals surface area (Å²) in [6.45, 7) is 9.29. The van der Waals surface area contributed by atoms with Gasteiger partial charge in [0.25, 0.3) is 17.7 Å². The lowest BCUT2D eigenvalue weighted by Crippen LogP contribution is -2.46. The molecule has 3 amide bonds. The number of esters is 1. The van der Waals surface area contributed by atoms with Gasteiger partial charge in [0.1, 0.15) is 0 Å². The topological polar surface area (TPSA) is 92.8 Å². The fraction of sp³-hybridized carbons (Fsp3) is 0.500. The maximum absolute atomic E-state index is 12.5. The first-order valence-corrected chi connectivity index (χ1v) is 9.08. The van der Waals surface area contributed by atoms with Crippen LogP contribution in [0.2, 0.25) is 0 Å². The molecule has 0 fully saturated rings. The summed E-state index contributed by atoms with van der Waals surface area (Å²) in [5.41, 5.74) is 0.159. The van der Waals surface area contributed by atoms with Gasteiger partial charge in [0.2, 0.25) is 0 Å². The Morgan fingerprint density at radius 1 is 1.15 bits per heavy atom. The molecule has 0 saturated carbocycles. The number of hydrogen-bond acceptors (Lipinski definition) is 5. The van der Waals surface area contributed by atoms with Crippen molar-refractivity contribution in [2.75, 3.05) is 6.54 Å². The summed E-state index contributed by atoms with van der Waals surface area (Å²) < 4.78 is 5.20. The molecule has 0 aromatic heterocycles. The Morgan fingerprint density at radius 3 is 2.37 bits per heavy atom. The van der Waals surface area contributed by atoms with Gasteiger partial charge in [-0.25, -0.2) is 4.79 Å². The quantitative estimate of drug-likeness (QED) is 0.610. The van der Waals surface area contributed by atoms with Gasteiger partial charge in [0, 0.05) is 12.1 Å². The normalized spacial score (nSPS) is 14.8. The highest BCUT2D eigenvalue weighted by Gasteiger charge is 2.35. The van der Waals surface area contributed by atoms with E-state index in [1.807, 2.05) is 27.7 Å². The van der Waals surface area contributed by atoms with E-state index in [2.05, 4.69) is 5.32 Å². The molecule has 27 heavy (non-hydrogen) atoms. The van der Waals surface area contributed by atoms with E-state index in [0.29, 0.717) is 6.54 Å². The van der Waals surface area contributed by atoms with Gasteiger partial charge in [-0.2, -0.15) is 0 Å². The third-order valence-electron chi connectivity index (χ3n) is 4.09. The first-order valence-electron chi connectivity index (χ1n) is 9.08. The molecule has 0 spiro atoms. The van der Waals surface area contributed by atoms with Gasteiger partial charge in [-0.1, -0.05) is 13.3 Å². The van der Waals surface area contributed by atoms with Crippen molar-refractivity contribution in [2.24, 2.45) is 0 Å². The highest BCUT2D eigenvalue weighted by molar-refractivity contribution is 6.22. The number of nitrogens with zero attached hydrogens (tertiary/aromatic N) is 1. The minimum absolute atomic E-state index is 0.127. The molecule has 7 heteroatoms. The van der Waals surface area contributed by atoms with Crippen molar-refractivity contribution in [1.29, 1.82) is 0 Å². The third kappa shape index (κ3) is 4.72. The van der Waals surface area contributed by atoms with Crippen molar-refractivity contribution >= 4 is 23.7 Å². The zero-order valence-electron chi connectivity index (χ0n) is 16.4. The molecule has 1 heterocycles. The second-order valence-electron chi connectivity index (χ2n) is 7.66. The molecule has 1 aliphatic rings. The maximum Gasteiger partial charge on any atom is 0.338 e. The number of amides is 3. The number of benzene rings is 1. The molecular formula is C20H26N2O5. The summed E-state index contributed by atoms with van der Waals surface area (Å²) in [5, 5.41) is 2.73. The lowest BCUT2D eigenvalue weighted by Gasteiger charge is -2.23. The third-order valence-corrected chi connectivity index (χ3v) is 4.09. The summed E-state index contributed by atoms with van der Waals surface area (Å²) in [4.78, 5) is 50.4. The number of hydrogen-bond donors (Lipinski definition) is 1. The van der Waals surface area contributed by atoms with E-state index in [1.165, 1.54) is 30.0 Å². The molecule has 1 aliphatic heterocycles. The molecule has 2 rings (SSSR count). The van der Waals surface area contributed by atoms with E-state index in [1.54, 1.807) is 0 Å². The van der Waals surface area contributed by atoms with Gasteiger partial charge in [-0.05, 0) is 52.3 Å². The average molecular weight is 374 g/mol. The zero-order valence-corrected chi connectivity index (χ0v) is 16.4. The minimum atomic E-state index is -0.983. The Balaban J connectivity index is 2.13. The van der Waals surface area contributed by atoms with Crippen molar-refractivity contribution in [3.05, 3.63) is 34.9 Å². The zero-order chi connectivity index (χ0) is 20.4. The first-order chi connectivity index (χ1) is 12.5. The van der Waals surface area contributed by atoms with E-state index in [0.717, 1.165) is 12.8 Å². The largest absolute Gasteiger partial charge is 0.449 e. The van der Waals surface area contributed by atoms with Gasteiger partial charge in [-0.15, -0.1) is 0 Å². The standard InChI is InChI=1S/C20H26N2O5/c1-6-7-10-22-17(24)14-9-8-13(11-15(14)18(22)25)19(26)27-12(2)16(23)21-20(3,4)5/h8-9,11-12H,6-7,10H2,1-5H3,(H,21,23). The highest BCUT2D eigenvalue weighted by Crippen LogP contribution is 2.25. The van der Waals surface area contributed by atoms with Crippen LogP contribution in [0, 0.1) is 0 Å². The average Bonchev–Trinajstić information content (AvgIpc) is 2.82. The summed E-state index contributed by atoms with van der Waals surface area (Å²) in [6.07, 6.45) is 0.601. The molecule has 1 aromatic carbocycles. The molecule has 146 valence electrons. The van der Waals surface area contributed by atoms with Crippen LogP contribution < -0.4 is 5.32 Å². The van der Waals surface area contributed by atoms with Crippen molar-refractivity contribution in [3.63, 3.8) is 0 Å². The Kier molecular flexibility index (Phi) is 6.03. The molecule has 1 atom stereocenters. The summed E-state index contributed by atoms with van der Waals surface area (Å²) in [5.74, 6) is -1.88. The Hall–Kier alpha value is -2.70. The number of carbonyl (C=O) groups excluding carboxylic acids is 4. The predicted octanol–water partition coefficient (Wildman–Crippen LogP) is 2.54. The highest BCUT2D eigenvalue weighted by atomic mass is 16.5. The smallest absolute Gasteiger partial charge is 0.338 e. The number of rotatable bonds is 6. The van der Waals surface area contributed by atoms with E-state index in [-0.39, 0.29) is 22.6 Å². The number of fused-ring (bicyclic) bond motifs is 1. The van der Waals surface area contributed by atoms with Crippen molar-refractivity contribution in [1.82, 2.24) is 10.2 Å². The minimum Gasteiger partial charge on any atom is -0.449 e. The van der Waals surface area contributed by atoms with Gasteiger partial charge in [-0.3, -0.25) is 19.3 Å². The Labute approximate surface area is 159 Å². The number of carbonyl (C=O) groups is 4. The monoisotopic (exact) mass is 374 g/mol. The number of unbranched alkanes of at least 4 members (excludes halogenated alkanes) is 1. The number of ether oxygens (including phenoxy) is 1. The Morgan fingerprint density at radius 2 is 1.78 bits per heavy atom. The molecule has 0 aliphatic carbocycles. The van der Waals surface area contributed by atoms with Crippen LogP contribution in [0.15, 0.2) is 18.2 Å². The molecule has 0 saturated heterocycles. The van der Waals surface area contributed by atoms with Crippen LogP contribution in [0.5, 0.6) is 0 Å². The lowest BCUT2D eigenvalue weighted by atomic mass is 10.1. The summed E-state index contributed by atoms with van der Waals surface area (Å²) in [6, 6.07) is 4.25. The second kappa shape index (κ2) is 7.90. The van der Waals surface area contributed by atoms with Crippen LogP contribution in [0.4, 0.5) is 0 Å². The fourth-order valence-electron chi connectivity index (χ4n) is 2.69. The van der Waals surface area contributed by atoms with Crippen LogP contribution in [0.3, 0.4) is 0 Å². The van der Waals surface area contributed by atoms with Crippen LogP contribution in [0.1, 0.15) is 78.5 Å². The van der Waals surface area contributed by atoms with Crippen LogP contribution in [-0.4, -0.2) is 46.8 Å². The lowest BCUT2D eigenvalue weighted by molar-refractivity contribution is -0.130. The van der Waals surface area contributed by atoms with E-state index < -0.39 is 29.4 Å². The van der Waals surface area contributed by atoms with Gasteiger partial charge in [0.15, 0.2) is 6.10 Å². The van der Waals surface area contributed by atoms with Crippen molar-refractivity contribution < 1.29 is 23.9 Å². The first kappa shape index (κ1) is 20.6. The van der Waals surface area contributed by atoms with Crippen LogP contribution in [0.25, 0.3) is 0 Å². The molecular weight excluding hydrogens is 348 g/mol. The molecule has 1 aromatic rings. The van der Waals surface area contributed by atoms with Gasteiger partial charge >= 0.3 is 5.97 Å². The van der Waals surface area contributed by atoms with E-state index in [9.17, 15) is 19.2 Å². The van der Waals surface area contributed by atoms with Crippen LogP contribution in [-0.2, 0) is 9.53 Å². The second-order valence-corrected chi connectivity index (χ2v) is 7.66. The predicted molar refractivity (Wildman–Crippen MR) is 99.5 cm³/mol. The number of nitrogens with one attached hydrogen (secondary N) is 1. The molecule has 1 N–H and O–H groups in total. The Bertz CT molecular complexity index is 779. The SMILES string of the molecule is CCCCN1C(=O)c2ccc(C(=O)OC(C)C(=O)NC(C)(C)C)cc2C1=O. The van der Waals surface area contributed by atoms with Gasteiger partial charge < -0.3 is 10.1 Å². The van der Waals surface area contributed by atoms with Crippen molar-refractivity contribution in [3.8, 4) is 0 Å². The molecule has 0 radical (unpaired) electrons. The summed E-state index contributed by atoms with van der Waals surface area (Å²) in [7, 11) is 0. The fourth-order valence-corrected chi connectivity index (χ4v) is 2.69. The maximum atomic E-state index is 12.5.